The van der Waals surface area contributed by atoms with Gasteiger partial charge in [-0.25, -0.2) is 4.79 Å². The van der Waals surface area contributed by atoms with Crippen LogP contribution in [0.1, 0.15) is 59.3 Å². The third-order valence-electron chi connectivity index (χ3n) is 2.24. The molecule has 0 saturated carbocycles. The fourth-order valence-corrected chi connectivity index (χ4v) is 1.32. The molecule has 0 fully saturated rings. The number of rotatable bonds is 8. The lowest BCUT2D eigenvalue weighted by atomic mass is 10.1. The molecule has 0 spiro atoms. The van der Waals surface area contributed by atoms with Crippen LogP contribution >= 0.6 is 0 Å². The molecule has 0 aliphatic rings. The van der Waals surface area contributed by atoms with Crippen molar-refractivity contribution >= 4 is 5.97 Å². The van der Waals surface area contributed by atoms with Crippen LogP contribution < -0.4 is 0 Å². The van der Waals surface area contributed by atoms with Crippen molar-refractivity contribution < 1.29 is 9.53 Å². The summed E-state index contributed by atoms with van der Waals surface area (Å²) in [5, 5.41) is 0. The lowest BCUT2D eigenvalue weighted by molar-refractivity contribution is -0.142. The predicted molar refractivity (Wildman–Crippen MR) is 63.7 cm³/mol. The second-order valence-electron chi connectivity index (χ2n) is 3.93. The molecule has 1 atom stereocenters. The molecule has 0 amide bonds. The highest BCUT2D eigenvalue weighted by Crippen LogP contribution is 2.06. The molecule has 0 saturated heterocycles. The van der Waals surface area contributed by atoms with E-state index >= 15 is 0 Å². The molecule has 0 aliphatic carbocycles. The van der Waals surface area contributed by atoms with E-state index in [-0.39, 0.29) is 12.1 Å². The van der Waals surface area contributed by atoms with Gasteiger partial charge in [0.1, 0.15) is 0 Å². The normalized spacial score (nSPS) is 13.0. The summed E-state index contributed by atoms with van der Waals surface area (Å²) in [5.41, 5.74) is 0. The van der Waals surface area contributed by atoms with E-state index in [1.807, 2.05) is 13.0 Å². The van der Waals surface area contributed by atoms with Gasteiger partial charge in [0.05, 0.1) is 6.10 Å². The second kappa shape index (κ2) is 9.75. The summed E-state index contributed by atoms with van der Waals surface area (Å²) in [6, 6.07) is 0. The Labute approximate surface area is 93.7 Å². The van der Waals surface area contributed by atoms with Gasteiger partial charge in [-0.15, -0.1) is 0 Å². The number of hydrogen-bond donors (Lipinski definition) is 0. The highest BCUT2D eigenvalue weighted by atomic mass is 16.5. The van der Waals surface area contributed by atoms with Gasteiger partial charge in [0.2, 0.25) is 0 Å². The molecule has 0 aromatic heterocycles. The summed E-state index contributed by atoms with van der Waals surface area (Å²) >= 11 is 0. The van der Waals surface area contributed by atoms with E-state index in [1.54, 1.807) is 6.08 Å². The van der Waals surface area contributed by atoms with Crippen LogP contribution in [-0.2, 0) is 9.53 Å². The zero-order chi connectivity index (χ0) is 11.5. The molecular weight excluding hydrogens is 188 g/mol. The van der Waals surface area contributed by atoms with Crippen molar-refractivity contribution in [3.05, 3.63) is 12.2 Å². The van der Waals surface area contributed by atoms with E-state index in [2.05, 4.69) is 13.8 Å². The third kappa shape index (κ3) is 9.51. The van der Waals surface area contributed by atoms with Gasteiger partial charge >= 0.3 is 5.97 Å². The number of allylic oxidation sites excluding steroid dienone is 1. The largest absolute Gasteiger partial charge is 0.460 e. The number of carbonyl (C=O) groups is 1. The van der Waals surface area contributed by atoms with Gasteiger partial charge in [-0.1, -0.05) is 39.2 Å². The Hall–Kier alpha value is -0.790. The van der Waals surface area contributed by atoms with E-state index < -0.39 is 0 Å². The Morgan fingerprint density at radius 1 is 1.27 bits per heavy atom. The monoisotopic (exact) mass is 212 g/mol. The minimum Gasteiger partial charge on any atom is -0.460 e. The Morgan fingerprint density at radius 3 is 2.60 bits per heavy atom. The van der Waals surface area contributed by atoms with E-state index in [1.165, 1.54) is 12.8 Å². The molecule has 2 nitrogen and oxygen atoms in total. The molecule has 88 valence electrons. The Bertz CT molecular complexity index is 185. The molecule has 0 bridgehead atoms. The quantitative estimate of drug-likeness (QED) is 0.347. The van der Waals surface area contributed by atoms with Crippen molar-refractivity contribution in [2.24, 2.45) is 0 Å². The lowest BCUT2D eigenvalue weighted by Gasteiger charge is -2.10. The van der Waals surface area contributed by atoms with Crippen molar-refractivity contribution in [2.45, 2.75) is 65.4 Å². The van der Waals surface area contributed by atoms with Gasteiger partial charge in [0.15, 0.2) is 0 Å². The van der Waals surface area contributed by atoms with Crippen molar-refractivity contribution in [1.29, 1.82) is 0 Å². The number of hydrogen-bond acceptors (Lipinski definition) is 2. The standard InChI is InChI=1S/C13H24O2/c1-4-6-8-10-12(3)15-13(14)11-9-7-5-2/h9,11-12H,4-8,10H2,1-3H3/b11-9+. The Kier molecular flexibility index (Phi) is 9.24. The zero-order valence-electron chi connectivity index (χ0n) is 10.3. The van der Waals surface area contributed by atoms with Crippen molar-refractivity contribution in [3.8, 4) is 0 Å². The van der Waals surface area contributed by atoms with Crippen LogP contribution in [0.25, 0.3) is 0 Å². The first-order valence-corrected chi connectivity index (χ1v) is 6.07. The molecule has 0 radical (unpaired) electrons. The maximum atomic E-state index is 11.3. The molecule has 0 rings (SSSR count). The van der Waals surface area contributed by atoms with Gasteiger partial charge in [0, 0.05) is 6.08 Å². The average molecular weight is 212 g/mol. The first-order chi connectivity index (χ1) is 7.20. The maximum absolute atomic E-state index is 11.3. The fourth-order valence-electron chi connectivity index (χ4n) is 1.32. The van der Waals surface area contributed by atoms with Crippen molar-refractivity contribution in [3.63, 3.8) is 0 Å². The summed E-state index contributed by atoms with van der Waals surface area (Å²) in [6.07, 6.45) is 10.0. The molecular formula is C13H24O2. The van der Waals surface area contributed by atoms with Crippen LogP contribution in [-0.4, -0.2) is 12.1 Å². The first-order valence-electron chi connectivity index (χ1n) is 6.07. The summed E-state index contributed by atoms with van der Waals surface area (Å²) in [6.45, 7) is 6.22. The van der Waals surface area contributed by atoms with Gasteiger partial charge in [-0.2, -0.15) is 0 Å². The van der Waals surface area contributed by atoms with Gasteiger partial charge in [-0.05, 0) is 26.2 Å². The first kappa shape index (κ1) is 14.2. The SMILES string of the molecule is CCC/C=C/C(=O)OC(C)CCCCC. The van der Waals surface area contributed by atoms with Crippen LogP contribution in [0.4, 0.5) is 0 Å². The van der Waals surface area contributed by atoms with Gasteiger partial charge < -0.3 is 4.74 Å². The molecule has 0 N–H and O–H groups in total. The molecule has 15 heavy (non-hydrogen) atoms. The topological polar surface area (TPSA) is 26.3 Å². The van der Waals surface area contributed by atoms with Crippen LogP contribution in [0, 0.1) is 0 Å². The zero-order valence-corrected chi connectivity index (χ0v) is 10.3. The molecule has 2 heteroatoms. The van der Waals surface area contributed by atoms with Gasteiger partial charge in [-0.3, -0.25) is 0 Å². The van der Waals surface area contributed by atoms with Crippen LogP contribution in [0.2, 0.25) is 0 Å². The van der Waals surface area contributed by atoms with Gasteiger partial charge in [0.25, 0.3) is 0 Å². The smallest absolute Gasteiger partial charge is 0.330 e. The number of carbonyl (C=O) groups excluding carboxylic acids is 1. The molecule has 0 aromatic carbocycles. The number of unbranched alkanes of at least 4 members (excludes halogenated alkanes) is 3. The van der Waals surface area contributed by atoms with E-state index in [0.29, 0.717) is 0 Å². The maximum Gasteiger partial charge on any atom is 0.330 e. The third-order valence-corrected chi connectivity index (χ3v) is 2.24. The predicted octanol–water partition coefficient (Wildman–Crippen LogP) is 3.85. The minimum absolute atomic E-state index is 0.0512. The van der Waals surface area contributed by atoms with Crippen LogP contribution in [0.5, 0.6) is 0 Å². The van der Waals surface area contributed by atoms with Crippen LogP contribution in [0.3, 0.4) is 0 Å². The highest BCUT2D eigenvalue weighted by molar-refractivity contribution is 5.81. The number of ether oxygens (including phenoxy) is 1. The summed E-state index contributed by atoms with van der Waals surface area (Å²) in [5.74, 6) is -0.201. The molecule has 1 unspecified atom stereocenters. The molecule has 0 heterocycles. The van der Waals surface area contributed by atoms with Crippen LogP contribution in [0.15, 0.2) is 12.2 Å². The number of esters is 1. The van der Waals surface area contributed by atoms with E-state index in [9.17, 15) is 4.79 Å². The van der Waals surface area contributed by atoms with E-state index in [4.69, 9.17) is 4.74 Å². The minimum atomic E-state index is -0.201. The lowest BCUT2D eigenvalue weighted by Crippen LogP contribution is -2.12. The summed E-state index contributed by atoms with van der Waals surface area (Å²) < 4.78 is 5.22. The molecule has 0 aliphatic heterocycles. The Morgan fingerprint density at radius 2 is 2.00 bits per heavy atom. The fraction of sp³-hybridized carbons (Fsp3) is 0.769. The van der Waals surface area contributed by atoms with Crippen molar-refractivity contribution in [1.82, 2.24) is 0 Å². The highest BCUT2D eigenvalue weighted by Gasteiger charge is 2.05. The second-order valence-corrected chi connectivity index (χ2v) is 3.93. The van der Waals surface area contributed by atoms with E-state index in [0.717, 1.165) is 25.7 Å². The van der Waals surface area contributed by atoms with Crippen molar-refractivity contribution in [2.75, 3.05) is 0 Å². The summed E-state index contributed by atoms with van der Waals surface area (Å²) in [4.78, 5) is 11.3. The molecule has 0 aromatic rings. The summed E-state index contributed by atoms with van der Waals surface area (Å²) in [7, 11) is 0. The Balaban J connectivity index is 3.57. The average Bonchev–Trinajstić information content (AvgIpc) is 2.18.